The van der Waals surface area contributed by atoms with E-state index in [0.29, 0.717) is 18.0 Å². The van der Waals surface area contributed by atoms with Crippen molar-refractivity contribution < 1.29 is 14.3 Å². The van der Waals surface area contributed by atoms with Crippen LogP contribution < -0.4 is 0 Å². The van der Waals surface area contributed by atoms with Gasteiger partial charge in [-0.15, -0.1) is 0 Å². The lowest BCUT2D eigenvalue weighted by atomic mass is 10.00. The van der Waals surface area contributed by atoms with Crippen LogP contribution in [0.2, 0.25) is 0 Å². The maximum absolute atomic E-state index is 12.4. The fourth-order valence-corrected chi connectivity index (χ4v) is 2.86. The molecule has 0 atom stereocenters. The molecule has 110 valence electrons. The van der Waals surface area contributed by atoms with Crippen LogP contribution in [0.25, 0.3) is 6.08 Å². The molecule has 0 unspecified atom stereocenters. The second-order valence-corrected chi connectivity index (χ2v) is 5.62. The number of hydrogen-bond acceptors (Lipinski definition) is 3. The lowest BCUT2D eigenvalue weighted by Gasteiger charge is -2.25. The van der Waals surface area contributed by atoms with Crippen molar-refractivity contribution in [2.24, 2.45) is 5.92 Å². The molecule has 2 fully saturated rings. The molecule has 21 heavy (non-hydrogen) atoms. The quantitative estimate of drug-likeness (QED) is 0.632. The minimum atomic E-state index is -0.129. The number of nitrogens with zero attached hydrogens (tertiary/aromatic N) is 1. The normalized spacial score (nSPS) is 22.3. The van der Waals surface area contributed by atoms with Gasteiger partial charge in [0.2, 0.25) is 5.91 Å². The zero-order valence-corrected chi connectivity index (χ0v) is 12.0. The van der Waals surface area contributed by atoms with Gasteiger partial charge in [0.15, 0.2) is 0 Å². The number of hydrogen-bond donors (Lipinski definition) is 0. The first-order chi connectivity index (χ1) is 10.2. The van der Waals surface area contributed by atoms with Gasteiger partial charge in [0.05, 0.1) is 6.42 Å². The smallest absolute Gasteiger partial charge is 0.256 e. The standard InChI is InChI=1S/C17H19NO3/c19-16-11-15(10-13-4-2-1-3-5-13)17(20)18(16)12-14-6-8-21-9-7-14/h1-5,10,14H,6-9,11-12H2. The van der Waals surface area contributed by atoms with E-state index in [1.165, 1.54) is 4.90 Å². The van der Waals surface area contributed by atoms with E-state index in [2.05, 4.69) is 0 Å². The summed E-state index contributed by atoms with van der Waals surface area (Å²) < 4.78 is 5.32. The topological polar surface area (TPSA) is 46.6 Å². The van der Waals surface area contributed by atoms with Crippen molar-refractivity contribution in [1.82, 2.24) is 4.90 Å². The molecule has 2 aliphatic heterocycles. The summed E-state index contributed by atoms with van der Waals surface area (Å²) in [6.45, 7) is 1.99. The third-order valence-corrected chi connectivity index (χ3v) is 4.08. The van der Waals surface area contributed by atoms with Crippen LogP contribution in [-0.4, -0.2) is 36.5 Å². The minimum Gasteiger partial charge on any atom is -0.381 e. The van der Waals surface area contributed by atoms with Crippen LogP contribution in [0.15, 0.2) is 35.9 Å². The Morgan fingerprint density at radius 3 is 2.57 bits per heavy atom. The Morgan fingerprint density at radius 2 is 1.86 bits per heavy atom. The summed E-state index contributed by atoms with van der Waals surface area (Å²) in [6, 6.07) is 9.65. The van der Waals surface area contributed by atoms with E-state index in [-0.39, 0.29) is 18.2 Å². The van der Waals surface area contributed by atoms with Crippen LogP contribution >= 0.6 is 0 Å². The molecule has 2 amide bonds. The number of amides is 2. The molecular weight excluding hydrogens is 266 g/mol. The Labute approximate surface area is 124 Å². The Morgan fingerprint density at radius 1 is 1.14 bits per heavy atom. The van der Waals surface area contributed by atoms with Gasteiger partial charge < -0.3 is 4.74 Å². The Hall–Kier alpha value is -1.94. The fraction of sp³-hybridized carbons (Fsp3) is 0.412. The van der Waals surface area contributed by atoms with E-state index >= 15 is 0 Å². The highest BCUT2D eigenvalue weighted by atomic mass is 16.5. The number of carbonyl (C=O) groups excluding carboxylic acids is 2. The van der Waals surface area contributed by atoms with Gasteiger partial charge >= 0.3 is 0 Å². The molecule has 0 radical (unpaired) electrons. The van der Waals surface area contributed by atoms with Crippen molar-refractivity contribution in [3.05, 3.63) is 41.5 Å². The van der Waals surface area contributed by atoms with E-state index < -0.39 is 0 Å². The minimum absolute atomic E-state index is 0.0753. The second kappa shape index (κ2) is 6.22. The number of likely N-dealkylation sites (tertiary alicyclic amines) is 1. The third-order valence-electron chi connectivity index (χ3n) is 4.08. The van der Waals surface area contributed by atoms with E-state index in [4.69, 9.17) is 4.74 Å². The molecule has 4 heteroatoms. The van der Waals surface area contributed by atoms with Gasteiger partial charge in [-0.2, -0.15) is 0 Å². The van der Waals surface area contributed by atoms with E-state index in [1.807, 2.05) is 36.4 Å². The first-order valence-corrected chi connectivity index (χ1v) is 7.42. The summed E-state index contributed by atoms with van der Waals surface area (Å²) in [7, 11) is 0. The van der Waals surface area contributed by atoms with Crippen molar-refractivity contribution in [2.75, 3.05) is 19.8 Å². The highest BCUT2D eigenvalue weighted by molar-refractivity contribution is 6.15. The molecule has 4 nitrogen and oxygen atoms in total. The fourth-order valence-electron chi connectivity index (χ4n) is 2.86. The van der Waals surface area contributed by atoms with E-state index in [0.717, 1.165) is 31.6 Å². The van der Waals surface area contributed by atoms with Crippen LogP contribution in [0.5, 0.6) is 0 Å². The zero-order chi connectivity index (χ0) is 14.7. The molecule has 3 rings (SSSR count). The maximum atomic E-state index is 12.4. The summed E-state index contributed by atoms with van der Waals surface area (Å²) in [5, 5.41) is 0. The van der Waals surface area contributed by atoms with Crippen molar-refractivity contribution in [1.29, 1.82) is 0 Å². The highest BCUT2D eigenvalue weighted by Gasteiger charge is 2.35. The summed E-state index contributed by atoms with van der Waals surface area (Å²) in [5.41, 5.74) is 1.56. The molecule has 0 saturated carbocycles. The van der Waals surface area contributed by atoms with Crippen LogP contribution in [0, 0.1) is 5.92 Å². The monoisotopic (exact) mass is 285 g/mol. The Bertz CT molecular complexity index is 559. The van der Waals surface area contributed by atoms with Crippen LogP contribution in [-0.2, 0) is 14.3 Å². The molecule has 2 aliphatic rings. The van der Waals surface area contributed by atoms with Crippen LogP contribution in [0.4, 0.5) is 0 Å². The summed E-state index contributed by atoms with van der Waals surface area (Å²) >= 11 is 0. The first kappa shape index (κ1) is 14.0. The van der Waals surface area contributed by atoms with Gasteiger partial charge in [0.25, 0.3) is 5.91 Å². The SMILES string of the molecule is O=C1CC(=Cc2ccccc2)C(=O)N1CC1CCOCC1. The maximum Gasteiger partial charge on any atom is 0.256 e. The van der Waals surface area contributed by atoms with Gasteiger partial charge in [-0.1, -0.05) is 30.3 Å². The largest absolute Gasteiger partial charge is 0.381 e. The molecule has 0 spiro atoms. The number of carbonyl (C=O) groups is 2. The van der Waals surface area contributed by atoms with Gasteiger partial charge in [-0.25, -0.2) is 0 Å². The number of rotatable bonds is 3. The van der Waals surface area contributed by atoms with Gasteiger partial charge in [0, 0.05) is 25.3 Å². The number of ether oxygens (including phenoxy) is 1. The van der Waals surface area contributed by atoms with E-state index in [1.54, 1.807) is 0 Å². The third kappa shape index (κ3) is 3.22. The van der Waals surface area contributed by atoms with Crippen LogP contribution in [0.1, 0.15) is 24.8 Å². The first-order valence-electron chi connectivity index (χ1n) is 7.42. The Balaban J connectivity index is 1.71. The van der Waals surface area contributed by atoms with Crippen molar-refractivity contribution in [2.45, 2.75) is 19.3 Å². The van der Waals surface area contributed by atoms with Crippen molar-refractivity contribution in [3.63, 3.8) is 0 Å². The molecule has 0 N–H and O–H groups in total. The average molecular weight is 285 g/mol. The molecule has 1 aromatic rings. The predicted octanol–water partition coefficient (Wildman–Crippen LogP) is 2.26. The summed E-state index contributed by atoms with van der Waals surface area (Å²) in [4.78, 5) is 25.9. The summed E-state index contributed by atoms with van der Waals surface area (Å²) in [6.07, 6.45) is 3.89. The van der Waals surface area contributed by atoms with Gasteiger partial charge in [-0.05, 0) is 30.4 Å². The molecule has 0 bridgehead atoms. The highest BCUT2D eigenvalue weighted by Crippen LogP contribution is 2.25. The van der Waals surface area contributed by atoms with E-state index in [9.17, 15) is 9.59 Å². The lowest BCUT2D eigenvalue weighted by molar-refractivity contribution is -0.138. The average Bonchev–Trinajstić information content (AvgIpc) is 2.77. The molecule has 1 aromatic carbocycles. The second-order valence-electron chi connectivity index (χ2n) is 5.62. The Kier molecular flexibility index (Phi) is 4.15. The molecule has 2 heterocycles. The van der Waals surface area contributed by atoms with Crippen LogP contribution in [0.3, 0.4) is 0 Å². The van der Waals surface area contributed by atoms with Crippen molar-refractivity contribution in [3.8, 4) is 0 Å². The van der Waals surface area contributed by atoms with Gasteiger partial charge in [0.1, 0.15) is 0 Å². The molecule has 0 aliphatic carbocycles. The zero-order valence-electron chi connectivity index (χ0n) is 12.0. The van der Waals surface area contributed by atoms with Crippen molar-refractivity contribution >= 4 is 17.9 Å². The molecular formula is C17H19NO3. The van der Waals surface area contributed by atoms with Gasteiger partial charge in [-0.3, -0.25) is 14.5 Å². The number of imide groups is 1. The molecule has 2 saturated heterocycles. The number of benzene rings is 1. The summed E-state index contributed by atoms with van der Waals surface area (Å²) in [5.74, 6) is 0.173. The lowest BCUT2D eigenvalue weighted by Crippen LogP contribution is -2.36. The molecule has 0 aromatic heterocycles. The predicted molar refractivity (Wildman–Crippen MR) is 79.3 cm³/mol.